The summed E-state index contributed by atoms with van der Waals surface area (Å²) in [5.41, 5.74) is 1.84. The molecular formula is C9H13N5S. The molecule has 1 N–H and O–H groups in total. The molecule has 2 aromatic heterocycles. The van der Waals surface area contributed by atoms with Gasteiger partial charge in [-0.15, -0.1) is 11.3 Å². The van der Waals surface area contributed by atoms with Crippen LogP contribution in [-0.4, -0.2) is 26.8 Å². The van der Waals surface area contributed by atoms with E-state index in [1.165, 1.54) is 4.88 Å². The molecule has 1 atom stereocenters. The zero-order valence-corrected chi connectivity index (χ0v) is 9.53. The second-order valence-corrected chi connectivity index (χ2v) is 4.17. The SMILES string of the molecule is CNC(Cc1ncnn1C)c1cncs1. The fourth-order valence-electron chi connectivity index (χ4n) is 1.43. The quantitative estimate of drug-likeness (QED) is 0.832. The van der Waals surface area contributed by atoms with Gasteiger partial charge in [-0.3, -0.25) is 9.67 Å². The Balaban J connectivity index is 2.13. The van der Waals surface area contributed by atoms with E-state index < -0.39 is 0 Å². The highest BCUT2D eigenvalue weighted by molar-refractivity contribution is 7.09. The molecule has 2 heterocycles. The number of rotatable bonds is 4. The first-order valence-corrected chi connectivity index (χ1v) is 5.57. The molecule has 15 heavy (non-hydrogen) atoms. The standard InChI is InChI=1S/C9H13N5S/c1-10-7(8-4-11-6-15-8)3-9-12-5-13-14(9)2/h4-7,10H,3H2,1-2H3. The fraction of sp³-hybridized carbons (Fsp3) is 0.444. The first-order valence-electron chi connectivity index (χ1n) is 4.69. The Morgan fingerprint density at radius 3 is 3.00 bits per heavy atom. The number of nitrogens with zero attached hydrogens (tertiary/aromatic N) is 4. The third-order valence-corrected chi connectivity index (χ3v) is 3.22. The summed E-state index contributed by atoms with van der Waals surface area (Å²) in [6, 6.07) is 0.264. The zero-order chi connectivity index (χ0) is 10.7. The highest BCUT2D eigenvalue weighted by Gasteiger charge is 2.14. The number of aryl methyl sites for hydroxylation is 1. The molecule has 80 valence electrons. The molecule has 0 radical (unpaired) electrons. The van der Waals surface area contributed by atoms with Crippen LogP contribution in [0.4, 0.5) is 0 Å². The molecule has 0 bridgehead atoms. The fourth-order valence-corrected chi connectivity index (χ4v) is 2.16. The van der Waals surface area contributed by atoms with Crippen molar-refractivity contribution in [2.24, 2.45) is 7.05 Å². The van der Waals surface area contributed by atoms with Crippen LogP contribution in [0.1, 0.15) is 16.7 Å². The van der Waals surface area contributed by atoms with Crippen LogP contribution in [0, 0.1) is 0 Å². The van der Waals surface area contributed by atoms with Gasteiger partial charge < -0.3 is 5.32 Å². The number of thiazole rings is 1. The molecule has 0 amide bonds. The van der Waals surface area contributed by atoms with Gasteiger partial charge >= 0.3 is 0 Å². The average molecular weight is 223 g/mol. The van der Waals surface area contributed by atoms with Gasteiger partial charge in [-0.1, -0.05) is 0 Å². The van der Waals surface area contributed by atoms with E-state index in [9.17, 15) is 0 Å². The molecule has 0 aliphatic heterocycles. The second kappa shape index (κ2) is 4.50. The number of aromatic nitrogens is 4. The van der Waals surface area contributed by atoms with E-state index >= 15 is 0 Å². The summed E-state index contributed by atoms with van der Waals surface area (Å²) < 4.78 is 1.80. The molecule has 0 saturated carbocycles. The van der Waals surface area contributed by atoms with Gasteiger partial charge in [0.05, 0.1) is 5.51 Å². The van der Waals surface area contributed by atoms with Crippen LogP contribution in [0.2, 0.25) is 0 Å². The largest absolute Gasteiger partial charge is 0.312 e. The van der Waals surface area contributed by atoms with Crippen molar-refractivity contribution >= 4 is 11.3 Å². The monoisotopic (exact) mass is 223 g/mol. The van der Waals surface area contributed by atoms with E-state index in [0.717, 1.165) is 12.2 Å². The Hall–Kier alpha value is -1.27. The lowest BCUT2D eigenvalue weighted by Gasteiger charge is -2.12. The smallest absolute Gasteiger partial charge is 0.138 e. The summed E-state index contributed by atoms with van der Waals surface area (Å²) in [6.45, 7) is 0. The van der Waals surface area contributed by atoms with Crippen molar-refractivity contribution in [3.05, 3.63) is 28.7 Å². The van der Waals surface area contributed by atoms with E-state index in [1.807, 2.05) is 25.8 Å². The minimum absolute atomic E-state index is 0.264. The third kappa shape index (κ3) is 2.21. The minimum Gasteiger partial charge on any atom is -0.312 e. The molecule has 2 aromatic rings. The third-order valence-electron chi connectivity index (χ3n) is 2.34. The van der Waals surface area contributed by atoms with Gasteiger partial charge in [0.25, 0.3) is 0 Å². The summed E-state index contributed by atoms with van der Waals surface area (Å²) in [4.78, 5) is 9.51. The van der Waals surface area contributed by atoms with Crippen LogP contribution in [0.5, 0.6) is 0 Å². The van der Waals surface area contributed by atoms with Gasteiger partial charge in [-0.25, -0.2) is 4.98 Å². The lowest BCUT2D eigenvalue weighted by atomic mass is 10.2. The molecule has 0 aliphatic rings. The topological polar surface area (TPSA) is 55.6 Å². The van der Waals surface area contributed by atoms with E-state index in [-0.39, 0.29) is 6.04 Å². The number of hydrogen-bond donors (Lipinski definition) is 1. The van der Waals surface area contributed by atoms with Gasteiger partial charge in [0.1, 0.15) is 12.2 Å². The predicted molar refractivity (Wildman–Crippen MR) is 58.6 cm³/mol. The molecule has 1 unspecified atom stereocenters. The molecule has 6 heteroatoms. The Morgan fingerprint density at radius 2 is 2.47 bits per heavy atom. The van der Waals surface area contributed by atoms with Gasteiger partial charge in [-0.05, 0) is 7.05 Å². The molecule has 0 fully saturated rings. The van der Waals surface area contributed by atoms with Crippen LogP contribution in [0.25, 0.3) is 0 Å². The minimum atomic E-state index is 0.264. The Bertz CT molecular complexity index is 408. The maximum atomic E-state index is 4.21. The van der Waals surface area contributed by atoms with Crippen molar-refractivity contribution in [1.29, 1.82) is 0 Å². The van der Waals surface area contributed by atoms with Crippen molar-refractivity contribution < 1.29 is 0 Å². The molecule has 0 aromatic carbocycles. The molecule has 0 spiro atoms. The molecule has 2 rings (SSSR count). The summed E-state index contributed by atoms with van der Waals surface area (Å²) in [6.07, 6.45) is 4.30. The van der Waals surface area contributed by atoms with E-state index in [2.05, 4.69) is 20.4 Å². The average Bonchev–Trinajstić information content (AvgIpc) is 2.86. The maximum Gasteiger partial charge on any atom is 0.138 e. The van der Waals surface area contributed by atoms with E-state index in [0.29, 0.717) is 0 Å². The Morgan fingerprint density at radius 1 is 1.60 bits per heavy atom. The van der Waals surface area contributed by atoms with Crippen LogP contribution in [0.15, 0.2) is 18.0 Å². The first kappa shape index (κ1) is 10.3. The molecular weight excluding hydrogens is 210 g/mol. The van der Waals surface area contributed by atoms with Crippen molar-refractivity contribution in [3.8, 4) is 0 Å². The van der Waals surface area contributed by atoms with E-state index in [4.69, 9.17) is 0 Å². The Kier molecular flexibility index (Phi) is 3.08. The van der Waals surface area contributed by atoms with Gasteiger partial charge in [0.2, 0.25) is 0 Å². The normalized spacial score (nSPS) is 12.9. The van der Waals surface area contributed by atoms with Crippen molar-refractivity contribution in [2.45, 2.75) is 12.5 Å². The molecule has 0 saturated heterocycles. The number of hydrogen-bond acceptors (Lipinski definition) is 5. The summed E-state index contributed by atoms with van der Waals surface area (Å²) >= 11 is 1.65. The summed E-state index contributed by atoms with van der Waals surface area (Å²) in [7, 11) is 3.85. The molecule has 5 nitrogen and oxygen atoms in total. The van der Waals surface area contributed by atoms with Crippen molar-refractivity contribution in [3.63, 3.8) is 0 Å². The van der Waals surface area contributed by atoms with Crippen molar-refractivity contribution in [2.75, 3.05) is 7.05 Å². The van der Waals surface area contributed by atoms with Crippen LogP contribution in [0.3, 0.4) is 0 Å². The summed E-state index contributed by atoms with van der Waals surface area (Å²) in [5.74, 6) is 0.975. The zero-order valence-electron chi connectivity index (χ0n) is 8.71. The first-order chi connectivity index (χ1) is 7.31. The highest BCUT2D eigenvalue weighted by Crippen LogP contribution is 2.19. The van der Waals surface area contributed by atoms with Crippen LogP contribution >= 0.6 is 11.3 Å². The maximum absolute atomic E-state index is 4.21. The van der Waals surface area contributed by atoms with E-state index in [1.54, 1.807) is 22.3 Å². The van der Waals surface area contributed by atoms with Gasteiger partial charge in [0, 0.05) is 30.6 Å². The Labute approximate surface area is 92.2 Å². The molecule has 0 aliphatic carbocycles. The predicted octanol–water partition coefficient (Wildman–Crippen LogP) is 0.775. The highest BCUT2D eigenvalue weighted by atomic mass is 32.1. The van der Waals surface area contributed by atoms with Gasteiger partial charge in [-0.2, -0.15) is 5.10 Å². The van der Waals surface area contributed by atoms with Crippen LogP contribution in [-0.2, 0) is 13.5 Å². The number of likely N-dealkylation sites (N-methyl/N-ethyl adjacent to an activating group) is 1. The van der Waals surface area contributed by atoms with Crippen molar-refractivity contribution in [1.82, 2.24) is 25.1 Å². The van der Waals surface area contributed by atoms with Gasteiger partial charge in [0.15, 0.2) is 0 Å². The second-order valence-electron chi connectivity index (χ2n) is 3.25. The lowest BCUT2D eigenvalue weighted by Crippen LogP contribution is -2.19. The summed E-state index contributed by atoms with van der Waals surface area (Å²) in [5, 5.41) is 7.31. The van der Waals surface area contributed by atoms with Crippen LogP contribution < -0.4 is 5.32 Å². The number of nitrogens with one attached hydrogen (secondary N) is 1. The lowest BCUT2D eigenvalue weighted by molar-refractivity contribution is 0.560.